The molecular formula is C18H23NOS. The Morgan fingerprint density at radius 2 is 1.57 bits per heavy atom. The zero-order valence-corrected chi connectivity index (χ0v) is 13.9. The Bertz CT molecular complexity index is 617. The topological polar surface area (TPSA) is 29.1 Å². The SMILES string of the molecule is Cc1cccc([C@H](N[S@](=O)C(C)(C)C)c2ccccc2)c1. The Morgan fingerprint density at radius 1 is 0.952 bits per heavy atom. The van der Waals surface area contributed by atoms with Gasteiger partial charge in [-0.15, -0.1) is 0 Å². The van der Waals surface area contributed by atoms with Gasteiger partial charge < -0.3 is 0 Å². The van der Waals surface area contributed by atoms with Crippen molar-refractivity contribution in [3.05, 3.63) is 71.3 Å². The maximum absolute atomic E-state index is 12.5. The number of rotatable bonds is 4. The molecule has 0 radical (unpaired) electrons. The fourth-order valence-corrected chi connectivity index (χ4v) is 2.95. The Kier molecular flexibility index (Phi) is 4.96. The third kappa shape index (κ3) is 4.26. The van der Waals surface area contributed by atoms with E-state index in [0.717, 1.165) is 11.1 Å². The maximum Gasteiger partial charge on any atom is 0.0979 e. The van der Waals surface area contributed by atoms with Crippen molar-refractivity contribution < 1.29 is 4.21 Å². The van der Waals surface area contributed by atoms with E-state index in [1.165, 1.54) is 5.56 Å². The minimum Gasteiger partial charge on any atom is -0.242 e. The van der Waals surface area contributed by atoms with Crippen molar-refractivity contribution in [1.82, 2.24) is 4.72 Å². The molecule has 0 aliphatic carbocycles. The van der Waals surface area contributed by atoms with E-state index in [4.69, 9.17) is 0 Å². The molecule has 0 saturated heterocycles. The second-order valence-electron chi connectivity index (χ2n) is 6.26. The summed E-state index contributed by atoms with van der Waals surface area (Å²) >= 11 is 0. The van der Waals surface area contributed by atoms with Gasteiger partial charge in [-0.25, -0.2) is 8.93 Å². The van der Waals surface area contributed by atoms with Crippen LogP contribution in [0.5, 0.6) is 0 Å². The highest BCUT2D eigenvalue weighted by molar-refractivity contribution is 7.84. The van der Waals surface area contributed by atoms with Gasteiger partial charge >= 0.3 is 0 Å². The van der Waals surface area contributed by atoms with Crippen molar-refractivity contribution in [2.45, 2.75) is 38.5 Å². The third-order valence-corrected chi connectivity index (χ3v) is 4.85. The molecule has 2 aromatic rings. The zero-order chi connectivity index (χ0) is 15.5. The van der Waals surface area contributed by atoms with Gasteiger partial charge in [0.15, 0.2) is 0 Å². The number of benzene rings is 2. The van der Waals surface area contributed by atoms with E-state index in [0.29, 0.717) is 0 Å². The van der Waals surface area contributed by atoms with Crippen molar-refractivity contribution in [3.8, 4) is 0 Å². The van der Waals surface area contributed by atoms with Gasteiger partial charge in [0.05, 0.1) is 21.8 Å². The molecule has 0 fully saturated rings. The van der Waals surface area contributed by atoms with Crippen LogP contribution in [0.3, 0.4) is 0 Å². The second kappa shape index (κ2) is 6.54. The number of hydrogen-bond acceptors (Lipinski definition) is 1. The zero-order valence-electron chi connectivity index (χ0n) is 13.1. The Hall–Kier alpha value is -1.45. The Morgan fingerprint density at radius 3 is 2.14 bits per heavy atom. The van der Waals surface area contributed by atoms with E-state index < -0.39 is 11.0 Å². The lowest BCUT2D eigenvalue weighted by Crippen LogP contribution is -2.36. The molecule has 0 aliphatic heterocycles. The molecule has 0 unspecified atom stereocenters. The van der Waals surface area contributed by atoms with Gasteiger partial charge in [0, 0.05) is 0 Å². The lowest BCUT2D eigenvalue weighted by atomic mass is 9.98. The van der Waals surface area contributed by atoms with Gasteiger partial charge in [0.2, 0.25) is 0 Å². The molecule has 21 heavy (non-hydrogen) atoms. The van der Waals surface area contributed by atoms with Crippen LogP contribution in [0.1, 0.15) is 43.5 Å². The molecule has 3 heteroatoms. The smallest absolute Gasteiger partial charge is 0.0979 e. The summed E-state index contributed by atoms with van der Waals surface area (Å²) in [5.41, 5.74) is 3.47. The van der Waals surface area contributed by atoms with Gasteiger partial charge in [0.25, 0.3) is 0 Å². The summed E-state index contributed by atoms with van der Waals surface area (Å²) in [4.78, 5) is 0. The van der Waals surface area contributed by atoms with E-state index in [1.807, 2.05) is 45.0 Å². The van der Waals surface area contributed by atoms with Gasteiger partial charge in [-0.2, -0.15) is 0 Å². The highest BCUT2D eigenvalue weighted by Crippen LogP contribution is 2.25. The lowest BCUT2D eigenvalue weighted by molar-refractivity contribution is 0.623. The van der Waals surface area contributed by atoms with Crippen molar-refractivity contribution in [3.63, 3.8) is 0 Å². The molecule has 0 bridgehead atoms. The number of aryl methyl sites for hydroxylation is 1. The average Bonchev–Trinajstić information content (AvgIpc) is 2.44. The molecule has 1 N–H and O–H groups in total. The third-order valence-electron chi connectivity index (χ3n) is 3.29. The summed E-state index contributed by atoms with van der Waals surface area (Å²) in [7, 11) is -1.12. The molecule has 2 nitrogen and oxygen atoms in total. The van der Waals surface area contributed by atoms with Crippen molar-refractivity contribution in [2.24, 2.45) is 0 Å². The molecule has 0 aliphatic rings. The molecule has 2 aromatic carbocycles. The molecule has 2 rings (SSSR count). The van der Waals surface area contributed by atoms with Gasteiger partial charge in [-0.05, 0) is 38.8 Å². The molecule has 2 atom stereocenters. The molecule has 0 aromatic heterocycles. The monoisotopic (exact) mass is 301 g/mol. The largest absolute Gasteiger partial charge is 0.242 e. The van der Waals surface area contributed by atoms with E-state index in [9.17, 15) is 4.21 Å². The van der Waals surface area contributed by atoms with Crippen LogP contribution in [0.2, 0.25) is 0 Å². The number of hydrogen-bond donors (Lipinski definition) is 1. The Labute approximate surface area is 130 Å². The predicted octanol–water partition coefficient (Wildman–Crippen LogP) is 4.14. The second-order valence-corrected chi connectivity index (χ2v) is 8.25. The highest BCUT2D eigenvalue weighted by Gasteiger charge is 2.24. The summed E-state index contributed by atoms with van der Waals surface area (Å²) in [5.74, 6) is 0. The van der Waals surface area contributed by atoms with E-state index in [1.54, 1.807) is 0 Å². The standard InChI is InChI=1S/C18H23NOS/c1-14-9-8-12-16(13-14)17(15-10-6-5-7-11-15)19-21(20)18(2,3)4/h5-13,17,19H,1-4H3/t17-,21-/m1/s1. The van der Waals surface area contributed by atoms with Crippen LogP contribution in [0.15, 0.2) is 54.6 Å². The van der Waals surface area contributed by atoms with Gasteiger partial charge in [-0.3, -0.25) is 0 Å². The maximum atomic E-state index is 12.5. The highest BCUT2D eigenvalue weighted by atomic mass is 32.2. The Balaban J connectivity index is 2.38. The summed E-state index contributed by atoms with van der Waals surface area (Å²) in [6.07, 6.45) is 0. The van der Waals surface area contributed by atoms with Crippen LogP contribution in [0.25, 0.3) is 0 Å². The van der Waals surface area contributed by atoms with E-state index in [-0.39, 0.29) is 10.8 Å². The average molecular weight is 301 g/mol. The van der Waals surface area contributed by atoms with Crippen molar-refractivity contribution >= 4 is 11.0 Å². The van der Waals surface area contributed by atoms with Gasteiger partial charge in [-0.1, -0.05) is 60.2 Å². The predicted molar refractivity (Wildman–Crippen MR) is 90.5 cm³/mol. The van der Waals surface area contributed by atoms with Crippen LogP contribution in [-0.4, -0.2) is 8.96 Å². The minimum absolute atomic E-state index is 0.0637. The first kappa shape index (κ1) is 15.9. The van der Waals surface area contributed by atoms with E-state index >= 15 is 0 Å². The first-order valence-corrected chi connectivity index (χ1v) is 8.32. The normalized spacial score (nSPS) is 14.7. The summed E-state index contributed by atoms with van der Waals surface area (Å²) < 4.78 is 15.5. The summed E-state index contributed by atoms with van der Waals surface area (Å²) in [5, 5.41) is 0. The number of nitrogens with one attached hydrogen (secondary N) is 1. The molecule has 0 amide bonds. The minimum atomic E-state index is -1.12. The summed E-state index contributed by atoms with van der Waals surface area (Å²) in [6.45, 7) is 8.02. The first-order chi connectivity index (χ1) is 9.88. The van der Waals surface area contributed by atoms with Crippen LogP contribution in [0, 0.1) is 6.92 Å². The molecule has 0 spiro atoms. The van der Waals surface area contributed by atoms with Crippen molar-refractivity contribution in [1.29, 1.82) is 0 Å². The van der Waals surface area contributed by atoms with E-state index in [2.05, 4.69) is 42.0 Å². The lowest BCUT2D eigenvalue weighted by Gasteiger charge is -2.25. The van der Waals surface area contributed by atoms with Crippen LogP contribution >= 0.6 is 0 Å². The van der Waals surface area contributed by atoms with Gasteiger partial charge in [0.1, 0.15) is 0 Å². The van der Waals surface area contributed by atoms with Crippen molar-refractivity contribution in [2.75, 3.05) is 0 Å². The molecule has 112 valence electrons. The van der Waals surface area contributed by atoms with Crippen LogP contribution in [-0.2, 0) is 11.0 Å². The molecular weight excluding hydrogens is 278 g/mol. The quantitative estimate of drug-likeness (QED) is 0.903. The van der Waals surface area contributed by atoms with Crippen LogP contribution in [0.4, 0.5) is 0 Å². The van der Waals surface area contributed by atoms with Crippen LogP contribution < -0.4 is 4.72 Å². The molecule has 0 saturated carbocycles. The fourth-order valence-electron chi connectivity index (χ4n) is 2.11. The molecule has 0 heterocycles. The summed E-state index contributed by atoms with van der Waals surface area (Å²) in [6, 6.07) is 18.4. The fraction of sp³-hybridized carbons (Fsp3) is 0.333. The first-order valence-electron chi connectivity index (χ1n) is 7.17.